The standard InChI is InChI=1S/C11H17N9OS/c12-9-10(20-22(21)19-9)16-5-2-1-3-7-15-6-4-8(17-7)18-11(13)14/h4,6H,1-3,5H2,(H2,12,19)(H,16,20)(H4,13,14,15,17,18). The quantitative estimate of drug-likeness (QED) is 0.235. The third-order valence-corrected chi connectivity index (χ3v) is 3.35. The molecule has 0 saturated carbocycles. The lowest BCUT2D eigenvalue weighted by Crippen LogP contribution is -2.22. The largest absolute Gasteiger partial charge is 0.548 e. The van der Waals surface area contributed by atoms with E-state index >= 15 is 0 Å². The number of nitrogen functional groups attached to an aromatic ring is 1. The highest BCUT2D eigenvalue weighted by molar-refractivity contribution is 7.13. The molecule has 2 heterocycles. The zero-order valence-electron chi connectivity index (χ0n) is 11.8. The molecule has 0 radical (unpaired) electrons. The maximum Gasteiger partial charge on any atom is 0.229 e. The summed E-state index contributed by atoms with van der Waals surface area (Å²) in [5.74, 6) is 1.23. The van der Waals surface area contributed by atoms with Crippen molar-refractivity contribution in [1.82, 2.24) is 18.7 Å². The van der Waals surface area contributed by atoms with Crippen molar-refractivity contribution in [1.29, 1.82) is 0 Å². The highest BCUT2D eigenvalue weighted by atomic mass is 32.2. The van der Waals surface area contributed by atoms with Crippen LogP contribution in [0.3, 0.4) is 0 Å². The Morgan fingerprint density at radius 1 is 1.36 bits per heavy atom. The number of unbranched alkanes of at least 4 members (excludes halogenated alkanes) is 1. The molecule has 0 amide bonds. The van der Waals surface area contributed by atoms with Crippen LogP contribution < -0.4 is 22.7 Å². The van der Waals surface area contributed by atoms with Gasteiger partial charge in [0, 0.05) is 29.6 Å². The number of aliphatic imine (C=N–C) groups is 1. The lowest BCUT2D eigenvalue weighted by molar-refractivity contribution is 0.584. The summed E-state index contributed by atoms with van der Waals surface area (Å²) in [5.41, 5.74) is 16.5. The van der Waals surface area contributed by atoms with Crippen molar-refractivity contribution in [2.75, 3.05) is 12.3 Å². The maximum atomic E-state index is 11.1. The van der Waals surface area contributed by atoms with E-state index in [1.165, 1.54) is 0 Å². The Morgan fingerprint density at radius 3 is 2.86 bits per heavy atom. The Morgan fingerprint density at radius 2 is 2.18 bits per heavy atom. The number of guanidine groups is 1. The Kier molecular flexibility index (Phi) is 5.38. The fourth-order valence-corrected chi connectivity index (χ4v) is 2.34. The molecule has 0 aliphatic carbocycles. The third-order valence-electron chi connectivity index (χ3n) is 2.62. The summed E-state index contributed by atoms with van der Waals surface area (Å²) >= 11 is -1.50. The molecule has 0 bridgehead atoms. The second-order valence-electron chi connectivity index (χ2n) is 4.38. The van der Waals surface area contributed by atoms with Gasteiger partial charge in [0.2, 0.25) is 11.3 Å². The van der Waals surface area contributed by atoms with Crippen LogP contribution in [0.25, 0.3) is 0 Å². The number of aromatic nitrogens is 4. The summed E-state index contributed by atoms with van der Waals surface area (Å²) in [7, 11) is 0. The van der Waals surface area contributed by atoms with Crippen LogP contribution in [0.15, 0.2) is 22.2 Å². The van der Waals surface area contributed by atoms with E-state index < -0.39 is 11.1 Å². The van der Waals surface area contributed by atoms with E-state index in [0.29, 0.717) is 30.1 Å². The van der Waals surface area contributed by atoms with Gasteiger partial charge in [0.1, 0.15) is 5.82 Å². The van der Waals surface area contributed by atoms with Gasteiger partial charge in [-0.15, -0.1) is 4.37 Å². The van der Waals surface area contributed by atoms with Crippen LogP contribution in [-0.4, -0.2) is 35.8 Å². The summed E-state index contributed by atoms with van der Waals surface area (Å²) < 4.78 is 17.2. The molecule has 0 aliphatic rings. The molecular weight excluding hydrogens is 306 g/mol. The molecule has 118 valence electrons. The Labute approximate surface area is 129 Å². The van der Waals surface area contributed by atoms with Crippen LogP contribution in [0.2, 0.25) is 0 Å². The Bertz CT molecular complexity index is 716. The maximum absolute atomic E-state index is 11.1. The lowest BCUT2D eigenvalue weighted by atomic mass is 10.2. The third kappa shape index (κ3) is 4.79. The molecule has 0 aliphatic heterocycles. The van der Waals surface area contributed by atoms with Crippen molar-refractivity contribution in [2.45, 2.75) is 19.3 Å². The number of nitrogens with zero attached hydrogens (tertiary/aromatic N) is 5. The van der Waals surface area contributed by atoms with Gasteiger partial charge in [0.05, 0.1) is 0 Å². The summed E-state index contributed by atoms with van der Waals surface area (Å²) in [6.07, 6.45) is 3.93. The highest BCUT2D eigenvalue weighted by Crippen LogP contribution is 2.08. The van der Waals surface area contributed by atoms with Gasteiger partial charge in [-0.25, -0.2) is 9.97 Å². The zero-order valence-corrected chi connectivity index (χ0v) is 12.6. The van der Waals surface area contributed by atoms with Crippen molar-refractivity contribution < 1.29 is 4.55 Å². The van der Waals surface area contributed by atoms with E-state index in [0.717, 1.165) is 12.8 Å². The number of anilines is 1. The highest BCUT2D eigenvalue weighted by Gasteiger charge is 2.03. The molecule has 0 spiro atoms. The van der Waals surface area contributed by atoms with Crippen LogP contribution >= 0.6 is 11.1 Å². The van der Waals surface area contributed by atoms with Crippen LogP contribution in [0, 0.1) is 0 Å². The van der Waals surface area contributed by atoms with Gasteiger partial charge in [0.15, 0.2) is 22.9 Å². The Hall–Kier alpha value is -2.53. The fourth-order valence-electron chi connectivity index (χ4n) is 1.69. The molecular formula is C11H17N9OS. The molecule has 2 aromatic heterocycles. The molecule has 0 fully saturated rings. The topological polar surface area (TPSA) is 180 Å². The molecule has 0 aromatic carbocycles. The second kappa shape index (κ2) is 7.47. The molecule has 2 aromatic rings. The van der Waals surface area contributed by atoms with Gasteiger partial charge < -0.3 is 21.8 Å². The van der Waals surface area contributed by atoms with Crippen molar-refractivity contribution in [3.8, 4) is 0 Å². The first-order chi connectivity index (χ1) is 10.5. The van der Waals surface area contributed by atoms with Gasteiger partial charge in [-0.3, -0.25) is 4.99 Å². The number of rotatable bonds is 6. The minimum Gasteiger partial charge on any atom is -0.548 e. The monoisotopic (exact) mass is 323 g/mol. The number of aromatic amines is 1. The normalized spacial score (nSPS) is 12.4. The molecule has 2 rings (SSSR count). The predicted molar refractivity (Wildman–Crippen MR) is 82.5 cm³/mol. The van der Waals surface area contributed by atoms with Crippen LogP contribution in [-0.2, 0) is 6.42 Å². The minimum absolute atomic E-state index is 0.0406. The van der Waals surface area contributed by atoms with Crippen LogP contribution in [0.1, 0.15) is 18.7 Å². The van der Waals surface area contributed by atoms with E-state index in [4.69, 9.17) is 17.2 Å². The molecule has 11 heteroatoms. The minimum atomic E-state index is -1.50. The SMILES string of the molecule is NC(N)=Nc1ccnc(CCCCN=c2[nH][s+]([O-])nc2N)n1. The number of nitrogens with two attached hydrogens (primary N) is 3. The van der Waals surface area contributed by atoms with Gasteiger partial charge in [0.25, 0.3) is 0 Å². The van der Waals surface area contributed by atoms with E-state index in [9.17, 15) is 4.55 Å². The number of H-pyrrole nitrogens is 1. The zero-order chi connectivity index (χ0) is 15.9. The fraction of sp³-hybridized carbons (Fsp3) is 0.364. The van der Waals surface area contributed by atoms with E-state index in [1.807, 2.05) is 0 Å². The second-order valence-corrected chi connectivity index (χ2v) is 5.27. The average Bonchev–Trinajstić information content (AvgIpc) is 2.76. The van der Waals surface area contributed by atoms with Gasteiger partial charge in [-0.1, -0.05) is 0 Å². The predicted octanol–water partition coefficient (Wildman–Crippen LogP) is -0.662. The molecule has 1 unspecified atom stereocenters. The first kappa shape index (κ1) is 15.9. The number of aryl methyl sites for hydroxylation is 1. The molecule has 7 N–H and O–H groups in total. The van der Waals surface area contributed by atoms with E-state index in [2.05, 4.69) is 28.7 Å². The summed E-state index contributed by atoms with van der Waals surface area (Å²) in [6.45, 7) is 0.545. The van der Waals surface area contributed by atoms with Gasteiger partial charge >= 0.3 is 0 Å². The summed E-state index contributed by atoms with van der Waals surface area (Å²) in [5, 5.41) is 0. The van der Waals surface area contributed by atoms with Crippen molar-refractivity contribution in [3.05, 3.63) is 23.6 Å². The van der Waals surface area contributed by atoms with Crippen LogP contribution in [0.5, 0.6) is 0 Å². The van der Waals surface area contributed by atoms with Crippen LogP contribution in [0.4, 0.5) is 11.6 Å². The first-order valence-electron chi connectivity index (χ1n) is 6.53. The Balaban J connectivity index is 1.83. The van der Waals surface area contributed by atoms with Gasteiger partial charge in [-0.05, 0) is 12.8 Å². The summed E-state index contributed by atoms with van der Waals surface area (Å²) in [4.78, 5) is 16.4. The smallest absolute Gasteiger partial charge is 0.229 e. The number of hydrogen-bond acceptors (Lipinski definition) is 7. The molecule has 22 heavy (non-hydrogen) atoms. The van der Waals surface area contributed by atoms with Crippen molar-refractivity contribution in [2.24, 2.45) is 21.5 Å². The van der Waals surface area contributed by atoms with E-state index in [-0.39, 0.29) is 11.8 Å². The first-order valence-corrected chi connectivity index (χ1v) is 7.64. The van der Waals surface area contributed by atoms with E-state index in [1.54, 1.807) is 12.3 Å². The van der Waals surface area contributed by atoms with Crippen molar-refractivity contribution in [3.63, 3.8) is 0 Å². The average molecular weight is 323 g/mol. The number of hydrogen-bond donors (Lipinski definition) is 4. The molecule has 1 atom stereocenters. The molecule has 0 saturated heterocycles. The molecule has 10 nitrogen and oxygen atoms in total. The lowest BCUT2D eigenvalue weighted by Gasteiger charge is -2.00. The number of nitrogens with one attached hydrogen (secondary N) is 1. The summed E-state index contributed by atoms with van der Waals surface area (Å²) in [6, 6.07) is 1.63. The van der Waals surface area contributed by atoms with Gasteiger partial charge in [-0.2, -0.15) is 4.99 Å². The van der Waals surface area contributed by atoms with Crippen molar-refractivity contribution >= 4 is 28.7 Å².